The van der Waals surface area contributed by atoms with E-state index in [-0.39, 0.29) is 18.3 Å². The summed E-state index contributed by atoms with van der Waals surface area (Å²) in [5.41, 5.74) is 1.87. The first-order valence-electron chi connectivity index (χ1n) is 8.28. The molecule has 1 aromatic heterocycles. The van der Waals surface area contributed by atoms with Crippen LogP contribution in [0.5, 0.6) is 5.75 Å². The first kappa shape index (κ1) is 18.1. The number of hydrogen-bond donors (Lipinski definition) is 1. The van der Waals surface area contributed by atoms with Crippen LogP contribution >= 0.6 is 11.3 Å². The SMILES string of the molecule is Cc1nc(COc2ccc(F)cc2)sc1C(=O)NCCc1ccccc1. The van der Waals surface area contributed by atoms with E-state index in [1.807, 2.05) is 37.3 Å². The molecular formula is C20H19FN2O2S. The van der Waals surface area contributed by atoms with Gasteiger partial charge in [-0.05, 0) is 43.2 Å². The van der Waals surface area contributed by atoms with E-state index < -0.39 is 0 Å². The Balaban J connectivity index is 1.53. The van der Waals surface area contributed by atoms with Gasteiger partial charge in [0.25, 0.3) is 5.91 Å². The van der Waals surface area contributed by atoms with Gasteiger partial charge in [0.05, 0.1) is 5.69 Å². The fourth-order valence-corrected chi connectivity index (χ4v) is 3.34. The molecule has 3 rings (SSSR count). The van der Waals surface area contributed by atoms with E-state index in [1.54, 1.807) is 12.1 Å². The van der Waals surface area contributed by atoms with Crippen molar-refractivity contribution in [2.45, 2.75) is 20.0 Å². The maximum absolute atomic E-state index is 12.9. The fraction of sp³-hybridized carbons (Fsp3) is 0.200. The number of carbonyl (C=O) groups is 1. The van der Waals surface area contributed by atoms with Gasteiger partial charge in [0, 0.05) is 6.54 Å². The van der Waals surface area contributed by atoms with Crippen LogP contribution in [0, 0.1) is 12.7 Å². The highest BCUT2D eigenvalue weighted by atomic mass is 32.1. The Labute approximate surface area is 155 Å². The quantitative estimate of drug-likeness (QED) is 0.680. The summed E-state index contributed by atoms with van der Waals surface area (Å²) in [7, 11) is 0. The van der Waals surface area contributed by atoms with Gasteiger partial charge in [-0.1, -0.05) is 30.3 Å². The topological polar surface area (TPSA) is 51.2 Å². The minimum atomic E-state index is -0.308. The Morgan fingerprint density at radius 3 is 2.62 bits per heavy atom. The van der Waals surface area contributed by atoms with Crippen molar-refractivity contribution in [1.29, 1.82) is 0 Å². The Bertz CT molecular complexity index is 863. The number of aryl methyl sites for hydroxylation is 1. The van der Waals surface area contributed by atoms with E-state index in [4.69, 9.17) is 4.74 Å². The lowest BCUT2D eigenvalue weighted by atomic mass is 10.1. The van der Waals surface area contributed by atoms with Crippen molar-refractivity contribution in [2.75, 3.05) is 6.54 Å². The molecule has 0 bridgehead atoms. The number of nitrogens with one attached hydrogen (secondary N) is 1. The van der Waals surface area contributed by atoms with Crippen LogP contribution in [0.1, 0.15) is 25.9 Å². The monoisotopic (exact) mass is 370 g/mol. The smallest absolute Gasteiger partial charge is 0.263 e. The molecule has 0 aliphatic carbocycles. The first-order valence-corrected chi connectivity index (χ1v) is 9.10. The van der Waals surface area contributed by atoms with E-state index in [0.29, 0.717) is 27.9 Å². The molecule has 0 unspecified atom stereocenters. The van der Waals surface area contributed by atoms with Gasteiger partial charge in [0.2, 0.25) is 0 Å². The molecule has 134 valence electrons. The summed E-state index contributed by atoms with van der Waals surface area (Å²) in [6, 6.07) is 15.8. The molecule has 0 fully saturated rings. The third-order valence-electron chi connectivity index (χ3n) is 3.77. The third kappa shape index (κ3) is 4.89. The van der Waals surface area contributed by atoms with Crippen molar-refractivity contribution in [3.8, 4) is 5.75 Å². The van der Waals surface area contributed by atoms with Crippen molar-refractivity contribution in [1.82, 2.24) is 10.3 Å². The lowest BCUT2D eigenvalue weighted by molar-refractivity contribution is 0.0957. The molecule has 0 atom stereocenters. The Hall–Kier alpha value is -2.73. The van der Waals surface area contributed by atoms with Gasteiger partial charge in [-0.25, -0.2) is 9.37 Å². The summed E-state index contributed by atoms with van der Waals surface area (Å²) in [5.74, 6) is 0.133. The standard InChI is InChI=1S/C20H19FN2O2S/c1-14-19(20(24)22-12-11-15-5-3-2-4-6-15)26-18(23-14)13-25-17-9-7-16(21)8-10-17/h2-10H,11-13H2,1H3,(H,22,24). The molecule has 0 radical (unpaired) electrons. The van der Waals surface area contributed by atoms with Crippen molar-refractivity contribution >= 4 is 17.2 Å². The third-order valence-corrected chi connectivity index (χ3v) is 4.89. The summed E-state index contributed by atoms with van der Waals surface area (Å²) < 4.78 is 18.5. The molecule has 4 nitrogen and oxygen atoms in total. The second-order valence-electron chi connectivity index (χ2n) is 5.76. The fourth-order valence-electron chi connectivity index (χ4n) is 2.45. The Kier molecular flexibility index (Phi) is 5.96. The lowest BCUT2D eigenvalue weighted by Crippen LogP contribution is -2.25. The maximum atomic E-state index is 12.9. The minimum Gasteiger partial charge on any atom is -0.486 e. The van der Waals surface area contributed by atoms with E-state index in [1.165, 1.54) is 29.0 Å². The van der Waals surface area contributed by atoms with Gasteiger partial charge in [-0.3, -0.25) is 4.79 Å². The Morgan fingerprint density at radius 2 is 1.88 bits per heavy atom. The average molecular weight is 370 g/mol. The number of rotatable bonds is 7. The number of carbonyl (C=O) groups excluding carboxylic acids is 1. The second-order valence-corrected chi connectivity index (χ2v) is 6.84. The molecule has 0 aliphatic rings. The molecule has 1 heterocycles. The number of benzene rings is 2. The molecule has 0 saturated heterocycles. The van der Waals surface area contributed by atoms with Crippen LogP contribution in [0.3, 0.4) is 0 Å². The van der Waals surface area contributed by atoms with Crippen LogP contribution < -0.4 is 10.1 Å². The van der Waals surface area contributed by atoms with Gasteiger partial charge in [-0.15, -0.1) is 11.3 Å². The van der Waals surface area contributed by atoms with Gasteiger partial charge in [0.1, 0.15) is 28.1 Å². The van der Waals surface area contributed by atoms with Crippen LogP contribution in [0.2, 0.25) is 0 Å². The van der Waals surface area contributed by atoms with E-state index in [0.717, 1.165) is 6.42 Å². The molecule has 6 heteroatoms. The number of aromatic nitrogens is 1. The van der Waals surface area contributed by atoms with Crippen LogP contribution in [0.25, 0.3) is 0 Å². The predicted molar refractivity (Wildman–Crippen MR) is 100 cm³/mol. The normalized spacial score (nSPS) is 10.5. The van der Waals surface area contributed by atoms with Gasteiger partial charge in [-0.2, -0.15) is 0 Å². The first-order chi connectivity index (χ1) is 12.6. The molecule has 3 aromatic rings. The molecule has 0 spiro atoms. The highest BCUT2D eigenvalue weighted by Crippen LogP contribution is 2.20. The van der Waals surface area contributed by atoms with E-state index >= 15 is 0 Å². The largest absolute Gasteiger partial charge is 0.486 e. The molecule has 0 aliphatic heterocycles. The molecule has 1 N–H and O–H groups in total. The molecule has 26 heavy (non-hydrogen) atoms. The second kappa shape index (κ2) is 8.58. The number of nitrogens with zero attached hydrogens (tertiary/aromatic N) is 1. The Morgan fingerprint density at radius 1 is 1.15 bits per heavy atom. The van der Waals surface area contributed by atoms with Crippen LogP contribution in [0.15, 0.2) is 54.6 Å². The van der Waals surface area contributed by atoms with Crippen molar-refractivity contribution in [3.05, 3.63) is 81.6 Å². The molecule has 0 saturated carbocycles. The number of amides is 1. The van der Waals surface area contributed by atoms with Crippen LogP contribution in [0.4, 0.5) is 4.39 Å². The number of ether oxygens (including phenoxy) is 1. The summed E-state index contributed by atoms with van der Waals surface area (Å²) in [6.45, 7) is 2.63. The zero-order valence-corrected chi connectivity index (χ0v) is 15.2. The average Bonchev–Trinajstić information content (AvgIpc) is 3.03. The highest BCUT2D eigenvalue weighted by molar-refractivity contribution is 7.13. The molecule has 2 aromatic carbocycles. The van der Waals surface area contributed by atoms with Crippen molar-refractivity contribution < 1.29 is 13.9 Å². The van der Waals surface area contributed by atoms with E-state index in [2.05, 4.69) is 10.3 Å². The lowest BCUT2D eigenvalue weighted by Gasteiger charge is -2.04. The van der Waals surface area contributed by atoms with Crippen LogP contribution in [-0.4, -0.2) is 17.4 Å². The number of halogens is 1. The van der Waals surface area contributed by atoms with Gasteiger partial charge >= 0.3 is 0 Å². The van der Waals surface area contributed by atoms with E-state index in [9.17, 15) is 9.18 Å². The zero-order chi connectivity index (χ0) is 18.4. The molecule has 1 amide bonds. The summed E-state index contributed by atoms with van der Waals surface area (Å²) in [6.07, 6.45) is 0.783. The van der Waals surface area contributed by atoms with Gasteiger partial charge in [0.15, 0.2) is 0 Å². The maximum Gasteiger partial charge on any atom is 0.263 e. The van der Waals surface area contributed by atoms with Crippen molar-refractivity contribution in [3.63, 3.8) is 0 Å². The summed E-state index contributed by atoms with van der Waals surface area (Å²) >= 11 is 1.31. The highest BCUT2D eigenvalue weighted by Gasteiger charge is 2.15. The summed E-state index contributed by atoms with van der Waals surface area (Å²) in [5, 5.41) is 3.64. The van der Waals surface area contributed by atoms with Crippen LogP contribution in [-0.2, 0) is 13.0 Å². The predicted octanol–water partition coefficient (Wildman–Crippen LogP) is 4.14. The summed E-state index contributed by atoms with van der Waals surface area (Å²) in [4.78, 5) is 17.3. The van der Waals surface area contributed by atoms with Crippen molar-refractivity contribution in [2.24, 2.45) is 0 Å². The molecular weight excluding hydrogens is 351 g/mol. The van der Waals surface area contributed by atoms with Gasteiger partial charge < -0.3 is 10.1 Å². The zero-order valence-electron chi connectivity index (χ0n) is 14.4. The number of thiazole rings is 1. The number of hydrogen-bond acceptors (Lipinski definition) is 4. The minimum absolute atomic E-state index is 0.121.